The Morgan fingerprint density at radius 1 is 1.31 bits per heavy atom. The smallest absolute Gasteiger partial charge is 0.123 e. The normalized spacial score (nSPS) is 10.9. The second-order valence-electron chi connectivity index (χ2n) is 3.86. The number of hydrogen-bond donors (Lipinski definition) is 1. The highest BCUT2D eigenvalue weighted by atomic mass is 19.1. The number of aryl methyl sites for hydroxylation is 1. The van der Waals surface area contributed by atoms with E-state index in [0.717, 1.165) is 35.2 Å². The summed E-state index contributed by atoms with van der Waals surface area (Å²) in [5.74, 6) is -0.212. The van der Waals surface area contributed by atoms with Crippen LogP contribution in [-0.2, 0) is 6.54 Å². The van der Waals surface area contributed by atoms with E-state index in [0.29, 0.717) is 0 Å². The number of hydrogen-bond acceptors (Lipinski definition) is 2. The topological polar surface area (TPSA) is 24.9 Å². The molecule has 0 saturated carbocycles. The fourth-order valence-electron chi connectivity index (χ4n) is 1.82. The Labute approximate surface area is 94.5 Å². The van der Waals surface area contributed by atoms with Gasteiger partial charge in [-0.05, 0) is 43.3 Å². The molecule has 3 heteroatoms. The number of benzene rings is 1. The van der Waals surface area contributed by atoms with E-state index in [1.165, 1.54) is 6.07 Å². The zero-order valence-corrected chi connectivity index (χ0v) is 9.55. The molecule has 0 atom stereocenters. The van der Waals surface area contributed by atoms with Crippen LogP contribution in [-0.4, -0.2) is 11.5 Å². The highest BCUT2D eigenvalue weighted by Gasteiger charge is 2.04. The Morgan fingerprint density at radius 2 is 2.12 bits per heavy atom. The predicted molar refractivity (Wildman–Crippen MR) is 63.8 cm³/mol. The molecule has 1 aromatic carbocycles. The Hall–Kier alpha value is -1.48. The third kappa shape index (κ3) is 2.19. The number of fused-ring (bicyclic) bond motifs is 1. The van der Waals surface area contributed by atoms with E-state index in [1.54, 1.807) is 12.1 Å². The molecule has 0 fully saturated rings. The van der Waals surface area contributed by atoms with Gasteiger partial charge in [0.1, 0.15) is 5.82 Å². The van der Waals surface area contributed by atoms with Crippen molar-refractivity contribution in [3.63, 3.8) is 0 Å². The highest BCUT2D eigenvalue weighted by Crippen LogP contribution is 2.19. The van der Waals surface area contributed by atoms with Crippen LogP contribution >= 0.6 is 0 Å². The highest BCUT2D eigenvalue weighted by molar-refractivity contribution is 5.82. The molecule has 0 radical (unpaired) electrons. The van der Waals surface area contributed by atoms with Crippen LogP contribution in [0.25, 0.3) is 10.9 Å². The fourth-order valence-corrected chi connectivity index (χ4v) is 1.82. The van der Waals surface area contributed by atoms with Gasteiger partial charge in [-0.3, -0.25) is 4.98 Å². The lowest BCUT2D eigenvalue weighted by Gasteiger charge is -2.08. The van der Waals surface area contributed by atoms with E-state index >= 15 is 0 Å². The molecule has 0 aliphatic heterocycles. The summed E-state index contributed by atoms with van der Waals surface area (Å²) in [7, 11) is 0. The Morgan fingerprint density at radius 3 is 2.88 bits per heavy atom. The van der Waals surface area contributed by atoms with Gasteiger partial charge in [0.05, 0.1) is 5.52 Å². The van der Waals surface area contributed by atoms with Gasteiger partial charge < -0.3 is 5.32 Å². The van der Waals surface area contributed by atoms with Crippen LogP contribution in [0.1, 0.15) is 18.2 Å². The average molecular weight is 218 g/mol. The number of halogens is 1. The first-order chi connectivity index (χ1) is 7.70. The number of pyridine rings is 1. The maximum Gasteiger partial charge on any atom is 0.123 e. The molecular weight excluding hydrogens is 203 g/mol. The molecule has 0 saturated heterocycles. The summed E-state index contributed by atoms with van der Waals surface area (Å²) in [5, 5.41) is 4.15. The van der Waals surface area contributed by atoms with Gasteiger partial charge in [-0.2, -0.15) is 0 Å². The Bertz CT molecular complexity index is 509. The van der Waals surface area contributed by atoms with Gasteiger partial charge in [0, 0.05) is 17.6 Å². The van der Waals surface area contributed by atoms with E-state index < -0.39 is 0 Å². The molecular formula is C13H15FN2. The lowest BCUT2D eigenvalue weighted by Crippen LogP contribution is -2.12. The number of aromatic nitrogens is 1. The zero-order valence-electron chi connectivity index (χ0n) is 9.55. The van der Waals surface area contributed by atoms with Gasteiger partial charge in [0.25, 0.3) is 0 Å². The van der Waals surface area contributed by atoms with Crippen LogP contribution in [0.4, 0.5) is 4.39 Å². The van der Waals surface area contributed by atoms with Crippen molar-refractivity contribution in [1.82, 2.24) is 10.3 Å². The first-order valence-electron chi connectivity index (χ1n) is 5.47. The van der Waals surface area contributed by atoms with Crippen LogP contribution < -0.4 is 5.32 Å². The molecule has 2 aromatic rings. The third-order valence-electron chi connectivity index (χ3n) is 2.55. The molecule has 2 nitrogen and oxygen atoms in total. The quantitative estimate of drug-likeness (QED) is 0.856. The summed E-state index contributed by atoms with van der Waals surface area (Å²) in [6, 6.07) is 6.73. The van der Waals surface area contributed by atoms with Gasteiger partial charge >= 0.3 is 0 Å². The van der Waals surface area contributed by atoms with Crippen LogP contribution in [0.2, 0.25) is 0 Å². The van der Waals surface area contributed by atoms with Crippen LogP contribution in [0, 0.1) is 12.7 Å². The zero-order chi connectivity index (χ0) is 11.5. The SMILES string of the molecule is CCNCc1cc(C)nc2ccc(F)cc12. The molecule has 0 aliphatic carbocycles. The molecule has 0 bridgehead atoms. The summed E-state index contributed by atoms with van der Waals surface area (Å²) in [6.07, 6.45) is 0. The van der Waals surface area contributed by atoms with Crippen molar-refractivity contribution in [2.75, 3.05) is 6.54 Å². The first-order valence-corrected chi connectivity index (χ1v) is 5.47. The molecule has 0 amide bonds. The van der Waals surface area contributed by atoms with Crippen LogP contribution in [0.15, 0.2) is 24.3 Å². The van der Waals surface area contributed by atoms with E-state index in [1.807, 2.05) is 13.0 Å². The number of nitrogens with zero attached hydrogens (tertiary/aromatic N) is 1. The minimum Gasteiger partial charge on any atom is -0.313 e. The Balaban J connectivity index is 2.55. The van der Waals surface area contributed by atoms with Crippen LogP contribution in [0.5, 0.6) is 0 Å². The summed E-state index contributed by atoms with van der Waals surface area (Å²) in [4.78, 5) is 4.39. The largest absolute Gasteiger partial charge is 0.313 e. The van der Waals surface area contributed by atoms with Crippen molar-refractivity contribution in [2.24, 2.45) is 0 Å². The molecule has 84 valence electrons. The van der Waals surface area contributed by atoms with Gasteiger partial charge in [-0.25, -0.2) is 4.39 Å². The molecule has 16 heavy (non-hydrogen) atoms. The van der Waals surface area contributed by atoms with Crippen LogP contribution in [0.3, 0.4) is 0 Å². The van der Waals surface area contributed by atoms with Crippen molar-refractivity contribution in [1.29, 1.82) is 0 Å². The molecule has 1 N–H and O–H groups in total. The monoisotopic (exact) mass is 218 g/mol. The lowest BCUT2D eigenvalue weighted by molar-refractivity contribution is 0.629. The van der Waals surface area contributed by atoms with Gasteiger partial charge in [-0.15, -0.1) is 0 Å². The fraction of sp³-hybridized carbons (Fsp3) is 0.308. The van der Waals surface area contributed by atoms with Crippen molar-refractivity contribution >= 4 is 10.9 Å². The second kappa shape index (κ2) is 4.58. The van der Waals surface area contributed by atoms with E-state index in [-0.39, 0.29) is 5.82 Å². The third-order valence-corrected chi connectivity index (χ3v) is 2.55. The van der Waals surface area contributed by atoms with E-state index in [2.05, 4.69) is 17.2 Å². The Kier molecular flexibility index (Phi) is 3.15. The average Bonchev–Trinajstić information content (AvgIpc) is 2.26. The van der Waals surface area contributed by atoms with Gasteiger partial charge in [0.2, 0.25) is 0 Å². The van der Waals surface area contributed by atoms with E-state index in [9.17, 15) is 4.39 Å². The first kappa shape index (κ1) is 11.0. The minimum atomic E-state index is -0.212. The lowest BCUT2D eigenvalue weighted by atomic mass is 10.1. The molecule has 1 heterocycles. The number of rotatable bonds is 3. The second-order valence-corrected chi connectivity index (χ2v) is 3.86. The van der Waals surface area contributed by atoms with Crippen molar-refractivity contribution < 1.29 is 4.39 Å². The molecule has 0 spiro atoms. The van der Waals surface area contributed by atoms with Crippen molar-refractivity contribution in [2.45, 2.75) is 20.4 Å². The van der Waals surface area contributed by atoms with Gasteiger partial charge in [0.15, 0.2) is 0 Å². The predicted octanol–water partition coefficient (Wildman–Crippen LogP) is 2.79. The molecule has 1 aromatic heterocycles. The molecule has 0 unspecified atom stereocenters. The summed E-state index contributed by atoms with van der Waals surface area (Å²) < 4.78 is 13.2. The summed E-state index contributed by atoms with van der Waals surface area (Å²) in [6.45, 7) is 5.66. The van der Waals surface area contributed by atoms with Crippen molar-refractivity contribution in [3.8, 4) is 0 Å². The minimum absolute atomic E-state index is 0.212. The summed E-state index contributed by atoms with van der Waals surface area (Å²) in [5.41, 5.74) is 2.92. The maximum absolute atomic E-state index is 13.2. The molecule has 0 aliphatic rings. The summed E-state index contributed by atoms with van der Waals surface area (Å²) >= 11 is 0. The van der Waals surface area contributed by atoms with Crippen molar-refractivity contribution in [3.05, 3.63) is 41.3 Å². The standard InChI is InChI=1S/C13H15FN2/c1-3-15-8-10-6-9(2)16-13-5-4-11(14)7-12(10)13/h4-7,15H,3,8H2,1-2H3. The van der Waals surface area contributed by atoms with E-state index in [4.69, 9.17) is 0 Å². The molecule has 2 rings (SSSR count). The number of nitrogens with one attached hydrogen (secondary N) is 1. The van der Waals surface area contributed by atoms with Gasteiger partial charge in [-0.1, -0.05) is 6.92 Å². The maximum atomic E-state index is 13.2.